The van der Waals surface area contributed by atoms with E-state index in [0.29, 0.717) is 10.1 Å². The zero-order valence-corrected chi connectivity index (χ0v) is 16.9. The number of nitrogens with one attached hydrogen (secondary N) is 1. The third kappa shape index (κ3) is 4.06. The Morgan fingerprint density at radius 2 is 1.77 bits per heavy atom. The van der Waals surface area contributed by atoms with Crippen molar-refractivity contribution in [1.82, 2.24) is 19.9 Å². The van der Waals surface area contributed by atoms with E-state index in [1.165, 1.54) is 0 Å². The summed E-state index contributed by atoms with van der Waals surface area (Å²) < 4.78 is 42.4. The standard InChI is InChI=1S/C21H14BrF3N4O/c22-15-8-6-14(7-9-15)17-10-18(21(23,24)25)29-19(28-17)16(12-27-29)20(30)26-11-13-4-2-1-3-5-13/h1-10,12H,11H2,(H,26,30). The van der Waals surface area contributed by atoms with Crippen LogP contribution in [0.15, 0.2) is 71.3 Å². The smallest absolute Gasteiger partial charge is 0.348 e. The molecule has 0 saturated heterocycles. The van der Waals surface area contributed by atoms with E-state index in [0.717, 1.165) is 22.3 Å². The molecule has 0 bridgehead atoms. The van der Waals surface area contributed by atoms with Crippen molar-refractivity contribution in [3.8, 4) is 11.3 Å². The first kappa shape index (κ1) is 20.1. The third-order valence-corrected chi connectivity index (χ3v) is 4.97. The topological polar surface area (TPSA) is 59.3 Å². The summed E-state index contributed by atoms with van der Waals surface area (Å²) in [6.45, 7) is 0.232. The largest absolute Gasteiger partial charge is 0.433 e. The number of halogens is 4. The average Bonchev–Trinajstić information content (AvgIpc) is 3.16. The van der Waals surface area contributed by atoms with E-state index in [4.69, 9.17) is 0 Å². The lowest BCUT2D eigenvalue weighted by Crippen LogP contribution is -2.23. The molecule has 2 heterocycles. The van der Waals surface area contributed by atoms with Crippen molar-refractivity contribution in [1.29, 1.82) is 0 Å². The van der Waals surface area contributed by atoms with Crippen molar-refractivity contribution < 1.29 is 18.0 Å². The molecule has 0 aliphatic carbocycles. The van der Waals surface area contributed by atoms with Crippen molar-refractivity contribution in [2.45, 2.75) is 12.7 Å². The fourth-order valence-corrected chi connectivity index (χ4v) is 3.23. The van der Waals surface area contributed by atoms with E-state index in [1.807, 2.05) is 30.3 Å². The van der Waals surface area contributed by atoms with Crippen LogP contribution in [0.3, 0.4) is 0 Å². The van der Waals surface area contributed by atoms with Crippen LogP contribution in [-0.4, -0.2) is 20.5 Å². The van der Waals surface area contributed by atoms with Gasteiger partial charge in [-0.3, -0.25) is 4.79 Å². The molecule has 0 saturated carbocycles. The molecule has 9 heteroatoms. The molecule has 1 amide bonds. The zero-order valence-electron chi connectivity index (χ0n) is 15.3. The summed E-state index contributed by atoms with van der Waals surface area (Å²) in [6.07, 6.45) is -3.57. The minimum Gasteiger partial charge on any atom is -0.348 e. The van der Waals surface area contributed by atoms with E-state index in [1.54, 1.807) is 24.3 Å². The average molecular weight is 475 g/mol. The van der Waals surface area contributed by atoms with Crippen molar-refractivity contribution in [3.63, 3.8) is 0 Å². The van der Waals surface area contributed by atoms with Gasteiger partial charge in [-0.1, -0.05) is 58.4 Å². The Morgan fingerprint density at radius 1 is 1.07 bits per heavy atom. The maximum atomic E-state index is 13.7. The minimum absolute atomic E-state index is 0.0320. The van der Waals surface area contributed by atoms with Gasteiger partial charge in [0.05, 0.1) is 11.9 Å². The number of carbonyl (C=O) groups is 1. The second kappa shape index (κ2) is 7.91. The molecule has 4 rings (SSSR count). The molecule has 0 atom stereocenters. The van der Waals surface area contributed by atoms with Gasteiger partial charge in [0, 0.05) is 16.6 Å². The maximum absolute atomic E-state index is 13.7. The molecular formula is C21H14BrF3N4O. The highest BCUT2D eigenvalue weighted by Gasteiger charge is 2.36. The summed E-state index contributed by atoms with van der Waals surface area (Å²) >= 11 is 3.30. The van der Waals surface area contributed by atoms with Crippen molar-refractivity contribution in [3.05, 3.63) is 88.2 Å². The highest BCUT2D eigenvalue weighted by atomic mass is 79.9. The number of hydrogen-bond donors (Lipinski definition) is 1. The number of benzene rings is 2. The van der Waals surface area contributed by atoms with E-state index < -0.39 is 17.8 Å². The molecule has 30 heavy (non-hydrogen) atoms. The molecule has 0 radical (unpaired) electrons. The van der Waals surface area contributed by atoms with Gasteiger partial charge >= 0.3 is 6.18 Å². The fraction of sp³-hybridized carbons (Fsp3) is 0.0952. The minimum atomic E-state index is -4.67. The first-order valence-electron chi connectivity index (χ1n) is 8.87. The number of carbonyl (C=O) groups excluding carboxylic acids is 1. The van der Waals surface area contributed by atoms with Gasteiger partial charge in [0.2, 0.25) is 0 Å². The van der Waals surface area contributed by atoms with Crippen LogP contribution in [0, 0.1) is 0 Å². The fourth-order valence-electron chi connectivity index (χ4n) is 2.97. The van der Waals surface area contributed by atoms with Gasteiger partial charge in [0.1, 0.15) is 5.56 Å². The number of aromatic nitrogens is 3. The van der Waals surface area contributed by atoms with Gasteiger partial charge in [0.25, 0.3) is 5.91 Å². The van der Waals surface area contributed by atoms with Gasteiger partial charge in [-0.15, -0.1) is 0 Å². The Balaban J connectivity index is 1.76. The number of amides is 1. The predicted molar refractivity (Wildman–Crippen MR) is 109 cm³/mol. The molecule has 152 valence electrons. The van der Waals surface area contributed by atoms with Crippen LogP contribution in [0.1, 0.15) is 21.6 Å². The lowest BCUT2D eigenvalue weighted by molar-refractivity contribution is -0.142. The summed E-state index contributed by atoms with van der Waals surface area (Å²) in [5.41, 5.74) is 0.251. The van der Waals surface area contributed by atoms with Gasteiger partial charge in [0.15, 0.2) is 11.3 Å². The first-order chi connectivity index (χ1) is 14.3. The molecule has 0 spiro atoms. The third-order valence-electron chi connectivity index (χ3n) is 4.44. The van der Waals surface area contributed by atoms with E-state index in [-0.39, 0.29) is 23.4 Å². The van der Waals surface area contributed by atoms with Crippen molar-refractivity contribution in [2.24, 2.45) is 0 Å². The second-order valence-electron chi connectivity index (χ2n) is 6.49. The Bertz CT molecular complexity index is 1200. The number of nitrogens with zero attached hydrogens (tertiary/aromatic N) is 3. The van der Waals surface area contributed by atoms with Crippen LogP contribution in [-0.2, 0) is 12.7 Å². The molecule has 4 aromatic rings. The number of hydrogen-bond acceptors (Lipinski definition) is 3. The lowest BCUT2D eigenvalue weighted by atomic mass is 10.1. The van der Waals surface area contributed by atoms with E-state index in [2.05, 4.69) is 31.3 Å². The van der Waals surface area contributed by atoms with Crippen molar-refractivity contribution >= 4 is 27.5 Å². The van der Waals surface area contributed by atoms with Crippen LogP contribution in [0.25, 0.3) is 16.9 Å². The normalized spacial score (nSPS) is 11.6. The van der Waals surface area contributed by atoms with Gasteiger partial charge in [-0.2, -0.15) is 18.3 Å². The summed E-state index contributed by atoms with van der Waals surface area (Å²) in [5, 5.41) is 6.47. The van der Waals surface area contributed by atoms with Crippen LogP contribution >= 0.6 is 15.9 Å². The molecular weight excluding hydrogens is 461 g/mol. The quantitative estimate of drug-likeness (QED) is 0.447. The summed E-state index contributed by atoms with van der Waals surface area (Å²) in [4.78, 5) is 17.0. The maximum Gasteiger partial charge on any atom is 0.433 e. The van der Waals surface area contributed by atoms with Crippen LogP contribution in [0.2, 0.25) is 0 Å². The number of fused-ring (bicyclic) bond motifs is 1. The van der Waals surface area contributed by atoms with Crippen LogP contribution in [0.5, 0.6) is 0 Å². The van der Waals surface area contributed by atoms with E-state index >= 15 is 0 Å². The Labute approximate surface area is 177 Å². The SMILES string of the molecule is O=C(NCc1ccccc1)c1cnn2c(C(F)(F)F)cc(-c3ccc(Br)cc3)nc12. The van der Waals surface area contributed by atoms with E-state index in [9.17, 15) is 18.0 Å². The Morgan fingerprint density at radius 3 is 2.43 bits per heavy atom. The van der Waals surface area contributed by atoms with Gasteiger partial charge < -0.3 is 5.32 Å². The molecule has 2 aromatic heterocycles. The molecule has 5 nitrogen and oxygen atoms in total. The monoisotopic (exact) mass is 474 g/mol. The van der Waals surface area contributed by atoms with Crippen LogP contribution < -0.4 is 5.32 Å². The molecule has 0 aliphatic heterocycles. The van der Waals surface area contributed by atoms with Gasteiger partial charge in [-0.25, -0.2) is 9.50 Å². The predicted octanol–water partition coefficient (Wildman–Crippen LogP) is 5.11. The summed E-state index contributed by atoms with van der Waals surface area (Å²) in [5.74, 6) is -0.553. The highest BCUT2D eigenvalue weighted by molar-refractivity contribution is 9.10. The Kier molecular flexibility index (Phi) is 5.29. The Hall–Kier alpha value is -3.20. The van der Waals surface area contributed by atoms with Gasteiger partial charge in [-0.05, 0) is 23.8 Å². The summed E-state index contributed by atoms with van der Waals surface area (Å²) in [6, 6.07) is 16.8. The highest BCUT2D eigenvalue weighted by Crippen LogP contribution is 2.33. The van der Waals surface area contributed by atoms with Crippen LogP contribution in [0.4, 0.5) is 13.2 Å². The molecule has 0 aliphatic rings. The lowest BCUT2D eigenvalue weighted by Gasteiger charge is -2.12. The molecule has 1 N–H and O–H groups in total. The van der Waals surface area contributed by atoms with Crippen molar-refractivity contribution in [2.75, 3.05) is 0 Å². The number of alkyl halides is 3. The second-order valence-corrected chi connectivity index (χ2v) is 7.41. The summed E-state index contributed by atoms with van der Waals surface area (Å²) in [7, 11) is 0. The zero-order chi connectivity index (χ0) is 21.3. The molecule has 0 unspecified atom stereocenters. The molecule has 2 aromatic carbocycles. The molecule has 0 fully saturated rings. The first-order valence-corrected chi connectivity index (χ1v) is 9.66. The number of rotatable bonds is 4.